The van der Waals surface area contributed by atoms with Crippen molar-refractivity contribution in [3.05, 3.63) is 29.3 Å². The molecule has 3 rings (SSSR count). The van der Waals surface area contributed by atoms with E-state index in [0.29, 0.717) is 158 Å². The summed E-state index contributed by atoms with van der Waals surface area (Å²) in [5, 5.41) is 4.91. The molecular weight excluding hydrogens is 914 g/mol. The number of imide groups is 2. The van der Waals surface area contributed by atoms with Crippen LogP contribution in [-0.2, 0) is 71.2 Å². The number of unbranched alkanes of at least 4 members (excludes halogenated alkanes) is 5. The summed E-state index contributed by atoms with van der Waals surface area (Å²) < 4.78 is 66.2. The molecule has 0 aliphatic carbocycles. The van der Waals surface area contributed by atoms with Crippen molar-refractivity contribution in [2.45, 2.75) is 70.3 Å². The molecule has 68 heavy (non-hydrogen) atoms. The van der Waals surface area contributed by atoms with Crippen molar-refractivity contribution < 1.29 is 80.8 Å². The average Bonchev–Trinajstić information content (AvgIpc) is 3.59. The highest BCUT2D eigenvalue weighted by atomic mass is 35.5. The Morgan fingerprint density at radius 3 is 1.29 bits per heavy atom. The van der Waals surface area contributed by atoms with E-state index >= 15 is 0 Å². The predicted octanol–water partition coefficient (Wildman–Crippen LogP) is 3.59. The van der Waals surface area contributed by atoms with Crippen LogP contribution in [-0.4, -0.2) is 205 Å². The summed E-state index contributed by atoms with van der Waals surface area (Å²) in [6, 6.07) is 3.53. The lowest BCUT2D eigenvalue weighted by Crippen LogP contribution is -2.54. The molecule has 1 fully saturated rings. The third kappa shape index (κ3) is 27.2. The molecule has 0 aromatic heterocycles. The molecule has 20 nitrogen and oxygen atoms in total. The Morgan fingerprint density at radius 2 is 0.897 bits per heavy atom. The zero-order valence-electron chi connectivity index (χ0n) is 39.8. The number of benzene rings is 1. The SMILES string of the molecule is O=C1CCC(N2C(=O)c3cccc(NC(=O)CCCCCOCCOCCOCCOCCOCCOCCOCCOCCOCCOCCOCCOCCCCCCCl)c3C2=O)C(=O)N1. The summed E-state index contributed by atoms with van der Waals surface area (Å²) >= 11 is 5.66. The number of piperidine rings is 1. The first kappa shape index (κ1) is 59.1. The van der Waals surface area contributed by atoms with E-state index in [1.165, 1.54) is 6.07 Å². The van der Waals surface area contributed by atoms with Gasteiger partial charge < -0.3 is 62.2 Å². The number of halogens is 1. The molecule has 2 N–H and O–H groups in total. The Bertz CT molecular complexity index is 1530. The molecule has 2 aliphatic heterocycles. The van der Waals surface area contributed by atoms with Gasteiger partial charge in [-0.3, -0.25) is 34.2 Å². The zero-order chi connectivity index (χ0) is 48.5. The molecule has 1 atom stereocenters. The Morgan fingerprint density at radius 1 is 0.515 bits per heavy atom. The number of ether oxygens (including phenoxy) is 12. The average molecular weight is 991 g/mol. The summed E-state index contributed by atoms with van der Waals surface area (Å²) in [4.78, 5) is 63.6. The van der Waals surface area contributed by atoms with E-state index in [1.54, 1.807) is 12.1 Å². The van der Waals surface area contributed by atoms with Gasteiger partial charge in [0.25, 0.3) is 11.8 Å². The molecule has 0 radical (unpaired) electrons. The quantitative estimate of drug-likeness (QED) is 0.0541. The minimum atomic E-state index is -1.08. The van der Waals surface area contributed by atoms with Crippen molar-refractivity contribution in [2.24, 2.45) is 0 Å². The van der Waals surface area contributed by atoms with Crippen molar-refractivity contribution in [2.75, 3.05) is 170 Å². The topological polar surface area (TPSA) is 223 Å². The van der Waals surface area contributed by atoms with E-state index in [0.717, 1.165) is 55.9 Å². The van der Waals surface area contributed by atoms with Crippen LogP contribution in [0.3, 0.4) is 0 Å². The third-order valence-corrected chi connectivity index (χ3v) is 10.5. The van der Waals surface area contributed by atoms with Crippen molar-refractivity contribution in [3.8, 4) is 0 Å². The monoisotopic (exact) mass is 989 g/mol. The minimum absolute atomic E-state index is 0.0263. The van der Waals surface area contributed by atoms with E-state index in [1.807, 2.05) is 0 Å². The second-order valence-electron chi connectivity index (χ2n) is 15.5. The van der Waals surface area contributed by atoms with Gasteiger partial charge >= 0.3 is 0 Å². The molecule has 5 amide bonds. The summed E-state index contributed by atoms with van der Waals surface area (Å²) in [5.74, 6) is -1.99. The fourth-order valence-electron chi connectivity index (χ4n) is 6.67. The molecule has 1 aromatic carbocycles. The Hall–Kier alpha value is -3.22. The standard InChI is InChI=1S/C47H76ClN3O17/c48-14-5-1-2-6-15-57-17-19-59-21-23-61-25-27-63-29-31-65-33-35-67-37-38-68-36-34-66-32-30-64-28-26-62-24-22-60-20-18-58-16-7-3-4-11-42(52)49-40-10-8-9-39-44(40)47(56)51(46(39)55)41-12-13-43(53)50-45(41)54/h8-10,41H,1-7,11-38H2,(H,49,52)(H,50,53,54). The molecular formula is C47H76ClN3O17. The van der Waals surface area contributed by atoms with Crippen LogP contribution < -0.4 is 10.6 Å². The predicted molar refractivity (Wildman–Crippen MR) is 249 cm³/mol. The maximum atomic E-state index is 13.2. The van der Waals surface area contributed by atoms with Crippen molar-refractivity contribution >= 4 is 46.8 Å². The smallest absolute Gasteiger partial charge is 0.264 e. The number of carbonyl (C=O) groups excluding carboxylic acids is 5. The van der Waals surface area contributed by atoms with Crippen molar-refractivity contribution in [1.82, 2.24) is 10.2 Å². The van der Waals surface area contributed by atoms with Gasteiger partial charge in [-0.1, -0.05) is 25.3 Å². The third-order valence-electron chi connectivity index (χ3n) is 10.2. The van der Waals surface area contributed by atoms with Crippen LogP contribution in [0.5, 0.6) is 0 Å². The van der Waals surface area contributed by atoms with Gasteiger partial charge in [0.1, 0.15) is 6.04 Å². The Kier molecular flexibility index (Phi) is 35.2. The van der Waals surface area contributed by atoms with E-state index in [-0.39, 0.29) is 42.0 Å². The summed E-state index contributed by atoms with van der Waals surface area (Å²) in [7, 11) is 0. The molecule has 2 aliphatic rings. The zero-order valence-corrected chi connectivity index (χ0v) is 40.6. The fraction of sp³-hybridized carbons (Fsp3) is 0.766. The van der Waals surface area contributed by atoms with Gasteiger partial charge in [0, 0.05) is 31.9 Å². The molecule has 388 valence electrons. The van der Waals surface area contributed by atoms with E-state index in [4.69, 9.17) is 68.4 Å². The van der Waals surface area contributed by atoms with Gasteiger partial charge in [-0.15, -0.1) is 11.6 Å². The lowest BCUT2D eigenvalue weighted by molar-refractivity contribution is -0.136. The number of hydrogen-bond acceptors (Lipinski definition) is 17. The van der Waals surface area contributed by atoms with Crippen LogP contribution in [0.25, 0.3) is 0 Å². The number of carbonyl (C=O) groups is 5. The first-order valence-corrected chi connectivity index (χ1v) is 24.6. The fourth-order valence-corrected chi connectivity index (χ4v) is 6.86. The molecule has 0 saturated carbocycles. The van der Waals surface area contributed by atoms with Gasteiger partial charge in [-0.2, -0.15) is 0 Å². The van der Waals surface area contributed by atoms with E-state index < -0.39 is 29.7 Å². The van der Waals surface area contributed by atoms with Crippen LogP contribution in [0.1, 0.15) is 84.9 Å². The molecule has 21 heteroatoms. The molecule has 0 bridgehead atoms. The van der Waals surface area contributed by atoms with Crippen LogP contribution in [0.4, 0.5) is 5.69 Å². The van der Waals surface area contributed by atoms with Gasteiger partial charge in [0.15, 0.2) is 0 Å². The van der Waals surface area contributed by atoms with Crippen molar-refractivity contribution in [3.63, 3.8) is 0 Å². The van der Waals surface area contributed by atoms with Gasteiger partial charge in [-0.05, 0) is 44.2 Å². The van der Waals surface area contributed by atoms with Gasteiger partial charge in [-0.25, -0.2) is 0 Å². The van der Waals surface area contributed by atoms with Crippen LogP contribution in [0, 0.1) is 0 Å². The number of nitrogens with zero attached hydrogens (tertiary/aromatic N) is 1. The number of nitrogens with one attached hydrogen (secondary N) is 2. The Balaban J connectivity index is 0.955. The van der Waals surface area contributed by atoms with Crippen LogP contribution in [0.2, 0.25) is 0 Å². The molecule has 1 unspecified atom stereocenters. The first-order valence-electron chi connectivity index (χ1n) is 24.1. The largest absolute Gasteiger partial charge is 0.379 e. The van der Waals surface area contributed by atoms with Crippen LogP contribution >= 0.6 is 11.6 Å². The minimum Gasteiger partial charge on any atom is -0.379 e. The summed E-state index contributed by atoms with van der Waals surface area (Å²) in [5.41, 5.74) is 0.377. The van der Waals surface area contributed by atoms with E-state index in [2.05, 4.69) is 10.6 Å². The first-order chi connectivity index (χ1) is 33.4. The summed E-state index contributed by atoms with van der Waals surface area (Å²) in [6.45, 7) is 12.1. The van der Waals surface area contributed by atoms with Gasteiger partial charge in [0.2, 0.25) is 17.7 Å². The lowest BCUT2D eigenvalue weighted by Gasteiger charge is -2.27. The maximum Gasteiger partial charge on any atom is 0.264 e. The highest BCUT2D eigenvalue weighted by Gasteiger charge is 2.45. The second kappa shape index (κ2) is 40.5. The second-order valence-corrected chi connectivity index (χ2v) is 15.9. The normalized spacial score (nSPS) is 14.8. The Labute approximate surface area is 406 Å². The van der Waals surface area contributed by atoms with Gasteiger partial charge in [0.05, 0.1) is 162 Å². The van der Waals surface area contributed by atoms with Crippen molar-refractivity contribution in [1.29, 1.82) is 0 Å². The number of anilines is 1. The summed E-state index contributed by atoms with van der Waals surface area (Å²) in [6.07, 6.45) is 6.89. The number of alkyl halides is 1. The molecule has 2 heterocycles. The molecule has 0 spiro atoms. The number of fused-ring (bicyclic) bond motifs is 1. The lowest BCUT2D eigenvalue weighted by atomic mass is 10.0. The number of rotatable bonds is 47. The molecule has 1 aromatic rings. The van der Waals surface area contributed by atoms with Crippen LogP contribution in [0.15, 0.2) is 18.2 Å². The molecule has 1 saturated heterocycles. The maximum absolute atomic E-state index is 13.2. The highest BCUT2D eigenvalue weighted by Crippen LogP contribution is 2.32. The number of hydrogen-bond donors (Lipinski definition) is 2. The highest BCUT2D eigenvalue weighted by molar-refractivity contribution is 6.26. The van der Waals surface area contributed by atoms with E-state index in [9.17, 15) is 24.0 Å². The number of amides is 5.